The minimum atomic E-state index is 0. The summed E-state index contributed by atoms with van der Waals surface area (Å²) in [7, 11) is 0. The summed E-state index contributed by atoms with van der Waals surface area (Å²) in [4.78, 5) is 12.0. The topological polar surface area (TPSA) is 49.3 Å². The average Bonchev–Trinajstić information content (AvgIpc) is 3.15. The zero-order chi connectivity index (χ0) is 17.6. The van der Waals surface area contributed by atoms with E-state index in [1.165, 1.54) is 9.75 Å². The molecule has 0 aliphatic heterocycles. The van der Waals surface area contributed by atoms with E-state index < -0.39 is 0 Å². The molecule has 0 atom stereocenters. The number of aryl methyl sites for hydroxylation is 2. The Morgan fingerprint density at radius 3 is 2.60 bits per heavy atom. The van der Waals surface area contributed by atoms with Gasteiger partial charge in [0.05, 0.1) is 17.2 Å². The number of hydrogen-bond acceptors (Lipinski definition) is 4. The molecule has 0 aliphatic carbocycles. The smallest absolute Gasteiger partial charge is 0.191 e. The molecule has 0 fully saturated rings. The molecule has 2 heterocycles. The molecule has 0 spiro atoms. The van der Waals surface area contributed by atoms with Crippen LogP contribution in [-0.4, -0.2) is 30.6 Å². The second-order valence-electron chi connectivity index (χ2n) is 6.47. The van der Waals surface area contributed by atoms with Gasteiger partial charge in [0.2, 0.25) is 0 Å². The molecule has 4 nitrogen and oxygen atoms in total. The summed E-state index contributed by atoms with van der Waals surface area (Å²) in [5.74, 6) is 0.890. The maximum atomic E-state index is 4.79. The SMILES string of the molecule is CCNC(=NCC(C)(C)c1cccs1)NCCc1sc(C)nc1C.I. The fourth-order valence-electron chi connectivity index (χ4n) is 2.46. The maximum absolute atomic E-state index is 4.79. The van der Waals surface area contributed by atoms with Crippen molar-refractivity contribution in [1.29, 1.82) is 0 Å². The number of rotatable bonds is 7. The van der Waals surface area contributed by atoms with Crippen LogP contribution in [0.4, 0.5) is 0 Å². The minimum Gasteiger partial charge on any atom is -0.357 e. The Balaban J connectivity index is 0.00000312. The molecule has 0 amide bonds. The van der Waals surface area contributed by atoms with Gasteiger partial charge in [0, 0.05) is 34.7 Å². The van der Waals surface area contributed by atoms with Gasteiger partial charge in [-0.2, -0.15) is 0 Å². The number of thiophene rings is 1. The van der Waals surface area contributed by atoms with Gasteiger partial charge in [-0.3, -0.25) is 4.99 Å². The van der Waals surface area contributed by atoms with Gasteiger partial charge in [-0.05, 0) is 32.2 Å². The lowest BCUT2D eigenvalue weighted by Gasteiger charge is -2.21. The number of halogens is 1. The molecule has 0 unspecified atom stereocenters. The van der Waals surface area contributed by atoms with Crippen molar-refractivity contribution >= 4 is 52.6 Å². The second kappa shape index (κ2) is 10.5. The summed E-state index contributed by atoms with van der Waals surface area (Å²) < 4.78 is 0. The Morgan fingerprint density at radius 1 is 1.28 bits per heavy atom. The van der Waals surface area contributed by atoms with Gasteiger partial charge in [0.25, 0.3) is 0 Å². The average molecular weight is 492 g/mol. The first-order valence-corrected chi connectivity index (χ1v) is 10.1. The zero-order valence-corrected chi connectivity index (χ0v) is 19.6. The quantitative estimate of drug-likeness (QED) is 0.340. The van der Waals surface area contributed by atoms with Crippen molar-refractivity contribution in [2.45, 2.75) is 46.5 Å². The molecule has 0 saturated heterocycles. The molecular formula is C18H29IN4S2. The highest BCUT2D eigenvalue weighted by molar-refractivity contribution is 14.0. The summed E-state index contributed by atoms with van der Waals surface area (Å²) in [6.07, 6.45) is 0.982. The van der Waals surface area contributed by atoms with Gasteiger partial charge in [0.15, 0.2) is 5.96 Å². The molecule has 2 aromatic rings. The van der Waals surface area contributed by atoms with Gasteiger partial charge >= 0.3 is 0 Å². The summed E-state index contributed by atoms with van der Waals surface area (Å²) >= 11 is 3.58. The molecule has 140 valence electrons. The van der Waals surface area contributed by atoms with Crippen molar-refractivity contribution in [1.82, 2.24) is 15.6 Å². The Bertz CT molecular complexity index is 663. The van der Waals surface area contributed by atoms with Gasteiger partial charge in [0.1, 0.15) is 0 Å². The van der Waals surface area contributed by atoms with E-state index in [4.69, 9.17) is 4.99 Å². The van der Waals surface area contributed by atoms with Crippen LogP contribution in [0.15, 0.2) is 22.5 Å². The van der Waals surface area contributed by atoms with E-state index in [1.807, 2.05) is 0 Å². The highest BCUT2D eigenvalue weighted by Gasteiger charge is 2.21. The van der Waals surface area contributed by atoms with Gasteiger partial charge < -0.3 is 10.6 Å². The van der Waals surface area contributed by atoms with E-state index in [1.54, 1.807) is 22.7 Å². The number of nitrogens with zero attached hydrogens (tertiary/aromatic N) is 2. The lowest BCUT2D eigenvalue weighted by molar-refractivity contribution is 0.548. The molecule has 0 radical (unpaired) electrons. The summed E-state index contributed by atoms with van der Waals surface area (Å²) in [5, 5.41) is 10.0. The molecular weight excluding hydrogens is 463 g/mol. The van der Waals surface area contributed by atoms with Crippen LogP contribution >= 0.6 is 46.7 Å². The highest BCUT2D eigenvalue weighted by atomic mass is 127. The zero-order valence-electron chi connectivity index (χ0n) is 15.7. The van der Waals surface area contributed by atoms with Crippen molar-refractivity contribution in [2.75, 3.05) is 19.6 Å². The summed E-state index contributed by atoms with van der Waals surface area (Å²) in [5.41, 5.74) is 1.21. The lowest BCUT2D eigenvalue weighted by atomic mass is 9.92. The first-order valence-electron chi connectivity index (χ1n) is 8.41. The van der Waals surface area contributed by atoms with Crippen LogP contribution in [0.5, 0.6) is 0 Å². The van der Waals surface area contributed by atoms with E-state index >= 15 is 0 Å². The van der Waals surface area contributed by atoms with Gasteiger partial charge in [-0.25, -0.2) is 4.98 Å². The molecule has 25 heavy (non-hydrogen) atoms. The van der Waals surface area contributed by atoms with Crippen molar-refractivity contribution < 1.29 is 0 Å². The lowest BCUT2D eigenvalue weighted by Crippen LogP contribution is -2.39. The second-order valence-corrected chi connectivity index (χ2v) is 8.71. The normalized spacial score (nSPS) is 12.0. The van der Waals surface area contributed by atoms with E-state index in [9.17, 15) is 0 Å². The number of aliphatic imine (C=N–C) groups is 1. The predicted molar refractivity (Wildman–Crippen MR) is 122 cm³/mol. The molecule has 2 rings (SSSR count). The molecule has 0 saturated carbocycles. The highest BCUT2D eigenvalue weighted by Crippen LogP contribution is 2.27. The largest absolute Gasteiger partial charge is 0.357 e. The number of thiazole rings is 1. The van der Waals surface area contributed by atoms with Crippen molar-refractivity contribution in [3.63, 3.8) is 0 Å². The molecule has 0 aliphatic rings. The van der Waals surface area contributed by atoms with Gasteiger partial charge in [-0.15, -0.1) is 46.7 Å². The van der Waals surface area contributed by atoms with Crippen molar-refractivity contribution in [3.8, 4) is 0 Å². The summed E-state index contributed by atoms with van der Waals surface area (Å²) in [6, 6.07) is 4.30. The Hall–Kier alpha value is -0.670. The molecule has 0 aromatic carbocycles. The number of nitrogens with one attached hydrogen (secondary N) is 2. The first kappa shape index (κ1) is 22.4. The first-order chi connectivity index (χ1) is 11.4. The fraction of sp³-hybridized carbons (Fsp3) is 0.556. The Kier molecular flexibility index (Phi) is 9.37. The minimum absolute atomic E-state index is 0. The molecule has 0 bridgehead atoms. The summed E-state index contributed by atoms with van der Waals surface area (Å²) in [6.45, 7) is 13.2. The van der Waals surface area contributed by atoms with Crippen LogP contribution in [0.3, 0.4) is 0 Å². The van der Waals surface area contributed by atoms with Crippen LogP contribution in [0.1, 0.15) is 41.2 Å². The van der Waals surface area contributed by atoms with E-state index in [2.05, 4.69) is 67.7 Å². The fourth-order valence-corrected chi connectivity index (χ4v) is 4.24. The number of guanidine groups is 1. The Labute approximate surface area is 176 Å². The molecule has 2 aromatic heterocycles. The number of aromatic nitrogens is 1. The van der Waals surface area contributed by atoms with Crippen LogP contribution in [0.25, 0.3) is 0 Å². The van der Waals surface area contributed by atoms with Crippen molar-refractivity contribution in [3.05, 3.63) is 38.0 Å². The van der Waals surface area contributed by atoms with Gasteiger partial charge in [-0.1, -0.05) is 19.9 Å². The third kappa shape index (κ3) is 6.86. The van der Waals surface area contributed by atoms with E-state index in [-0.39, 0.29) is 29.4 Å². The third-order valence-corrected chi connectivity index (χ3v) is 6.18. The molecule has 7 heteroatoms. The van der Waals surface area contributed by atoms with E-state index in [0.717, 1.165) is 42.7 Å². The van der Waals surface area contributed by atoms with Crippen LogP contribution in [0, 0.1) is 13.8 Å². The van der Waals surface area contributed by atoms with E-state index in [0.29, 0.717) is 0 Å². The molecule has 2 N–H and O–H groups in total. The number of hydrogen-bond donors (Lipinski definition) is 2. The predicted octanol–water partition coefficient (Wildman–Crippen LogP) is 4.51. The maximum Gasteiger partial charge on any atom is 0.191 e. The monoisotopic (exact) mass is 492 g/mol. The van der Waals surface area contributed by atoms with Crippen LogP contribution < -0.4 is 10.6 Å². The Morgan fingerprint density at radius 2 is 2.04 bits per heavy atom. The van der Waals surface area contributed by atoms with Crippen LogP contribution in [0.2, 0.25) is 0 Å². The van der Waals surface area contributed by atoms with Crippen molar-refractivity contribution in [2.24, 2.45) is 4.99 Å². The van der Waals surface area contributed by atoms with Crippen LogP contribution in [-0.2, 0) is 11.8 Å². The standard InChI is InChI=1S/C18H28N4S2.HI/c1-6-19-17(20-10-9-15-13(2)22-14(3)24-15)21-12-18(4,5)16-8-7-11-23-16;/h7-8,11H,6,9-10,12H2,1-5H3,(H2,19,20,21);1H. The third-order valence-electron chi connectivity index (χ3n) is 3.81.